The SMILES string of the molecule is Cc1ccc(O[C@@H]([Si])[C@@H]2CCN2C)cc1C(=O)NC1(c2cc(-c3ccc(=O)[nH]c3)cc3ncccc23)CC1. The van der Waals surface area contributed by atoms with Crippen molar-refractivity contribution in [2.45, 2.75) is 43.5 Å². The van der Waals surface area contributed by atoms with Crippen LogP contribution in [0.4, 0.5) is 0 Å². The average molecular weight is 522 g/mol. The third-order valence-electron chi connectivity index (χ3n) is 7.87. The maximum atomic E-state index is 13.7. The minimum Gasteiger partial charge on any atom is -0.493 e. The van der Waals surface area contributed by atoms with Gasteiger partial charge in [0.15, 0.2) is 0 Å². The number of carbonyl (C=O) groups excluding carboxylic acids is 1. The molecular formula is C30H29N4O3Si. The van der Waals surface area contributed by atoms with Gasteiger partial charge < -0.3 is 19.9 Å². The lowest BCUT2D eigenvalue weighted by Crippen LogP contribution is -2.53. The summed E-state index contributed by atoms with van der Waals surface area (Å²) in [4.78, 5) is 34.9. The van der Waals surface area contributed by atoms with Gasteiger partial charge in [-0.15, -0.1) is 0 Å². The second kappa shape index (κ2) is 9.52. The Balaban J connectivity index is 1.31. The second-order valence-electron chi connectivity index (χ2n) is 10.4. The fourth-order valence-electron chi connectivity index (χ4n) is 5.27. The van der Waals surface area contributed by atoms with E-state index in [4.69, 9.17) is 4.74 Å². The number of hydrogen-bond donors (Lipinski definition) is 2. The van der Waals surface area contributed by atoms with Gasteiger partial charge in [0.25, 0.3) is 5.91 Å². The number of nitrogens with one attached hydrogen (secondary N) is 2. The van der Waals surface area contributed by atoms with Crippen LogP contribution in [0.1, 0.15) is 40.7 Å². The number of aryl methyl sites for hydroxylation is 1. The number of aromatic nitrogens is 2. The van der Waals surface area contributed by atoms with Gasteiger partial charge in [-0.05, 0) is 98.4 Å². The van der Waals surface area contributed by atoms with Crippen molar-refractivity contribution in [3.63, 3.8) is 0 Å². The molecule has 2 aliphatic rings. The van der Waals surface area contributed by atoms with Crippen LogP contribution in [-0.4, -0.2) is 56.4 Å². The summed E-state index contributed by atoms with van der Waals surface area (Å²) in [5.74, 6) is 0.545. The van der Waals surface area contributed by atoms with E-state index < -0.39 is 5.54 Å². The van der Waals surface area contributed by atoms with E-state index in [9.17, 15) is 9.59 Å². The number of pyridine rings is 2. The van der Waals surface area contributed by atoms with Gasteiger partial charge in [-0.3, -0.25) is 14.6 Å². The molecule has 2 aromatic carbocycles. The lowest BCUT2D eigenvalue weighted by atomic mass is 9.93. The molecule has 3 heterocycles. The summed E-state index contributed by atoms with van der Waals surface area (Å²) in [5, 5.41) is 4.37. The van der Waals surface area contributed by atoms with Crippen molar-refractivity contribution < 1.29 is 9.53 Å². The molecule has 6 rings (SSSR count). The maximum absolute atomic E-state index is 13.7. The van der Waals surface area contributed by atoms with Crippen LogP contribution in [0.5, 0.6) is 5.75 Å². The third kappa shape index (κ3) is 4.54. The zero-order chi connectivity index (χ0) is 26.4. The largest absolute Gasteiger partial charge is 0.493 e. The number of benzene rings is 2. The van der Waals surface area contributed by atoms with Gasteiger partial charge in [-0.1, -0.05) is 12.1 Å². The molecule has 2 atom stereocenters. The summed E-state index contributed by atoms with van der Waals surface area (Å²) in [5.41, 5.74) is 4.45. The Hall–Kier alpha value is -3.75. The number of likely N-dealkylation sites (tertiary alicyclic amines) is 1. The first-order chi connectivity index (χ1) is 18.3. The standard InChI is InChI=1S/C30H29N4O3Si/c1-18-5-7-21(37-29(38)26-9-13-34(26)2)16-23(18)28(36)33-30(10-11-30)24-14-20(19-6-8-27(35)32-17-19)15-25-22(24)4-3-12-31-25/h3-8,12,14-17,26,29H,9-11,13H2,1-2H3,(H,32,35)(H,33,36)/t26-,29-/m0/s1. The molecule has 4 aromatic rings. The molecule has 7 nitrogen and oxygen atoms in total. The molecule has 1 saturated heterocycles. The molecule has 8 heteroatoms. The van der Waals surface area contributed by atoms with Crippen LogP contribution in [0.15, 0.2) is 71.8 Å². The van der Waals surface area contributed by atoms with Gasteiger partial charge in [0.1, 0.15) is 5.75 Å². The number of ether oxygens (including phenoxy) is 1. The molecule has 1 amide bonds. The van der Waals surface area contributed by atoms with Crippen LogP contribution in [0.2, 0.25) is 0 Å². The smallest absolute Gasteiger partial charge is 0.252 e. The summed E-state index contributed by atoms with van der Waals surface area (Å²) < 4.78 is 6.15. The van der Waals surface area contributed by atoms with Crippen LogP contribution in [-0.2, 0) is 5.54 Å². The van der Waals surface area contributed by atoms with Crippen LogP contribution < -0.4 is 15.6 Å². The van der Waals surface area contributed by atoms with E-state index in [0.29, 0.717) is 17.4 Å². The zero-order valence-electron chi connectivity index (χ0n) is 21.5. The van der Waals surface area contributed by atoms with Gasteiger partial charge >= 0.3 is 0 Å². The number of rotatable bonds is 7. The first-order valence-electron chi connectivity index (χ1n) is 12.9. The van der Waals surface area contributed by atoms with Crippen molar-refractivity contribution in [1.82, 2.24) is 20.2 Å². The van der Waals surface area contributed by atoms with E-state index in [2.05, 4.69) is 43.5 Å². The van der Waals surface area contributed by atoms with Gasteiger partial charge in [0, 0.05) is 35.5 Å². The first kappa shape index (κ1) is 24.6. The minimum atomic E-state index is -0.480. The molecule has 1 aliphatic carbocycles. The Labute approximate surface area is 224 Å². The molecule has 1 aliphatic heterocycles. The predicted molar refractivity (Wildman–Crippen MR) is 149 cm³/mol. The van der Waals surface area contributed by atoms with Gasteiger partial charge in [0.05, 0.1) is 27.0 Å². The Morgan fingerprint density at radius 3 is 2.71 bits per heavy atom. The van der Waals surface area contributed by atoms with E-state index >= 15 is 0 Å². The number of likely N-dealkylation sites (N-methyl/N-ethyl adjacent to an activating group) is 1. The highest BCUT2D eigenvalue weighted by atomic mass is 28.1. The number of carbonyl (C=O) groups is 1. The highest BCUT2D eigenvalue weighted by Crippen LogP contribution is 2.49. The Morgan fingerprint density at radius 1 is 1.18 bits per heavy atom. The third-order valence-corrected chi connectivity index (χ3v) is 8.37. The maximum Gasteiger partial charge on any atom is 0.252 e. The fourth-order valence-corrected chi connectivity index (χ4v) is 5.83. The Morgan fingerprint density at radius 2 is 2.03 bits per heavy atom. The minimum absolute atomic E-state index is 0.122. The molecule has 1 saturated carbocycles. The summed E-state index contributed by atoms with van der Waals surface area (Å²) in [7, 11) is 5.81. The number of hydrogen-bond acceptors (Lipinski definition) is 5. The van der Waals surface area contributed by atoms with Crippen molar-refractivity contribution in [3.8, 4) is 16.9 Å². The molecule has 38 heavy (non-hydrogen) atoms. The molecule has 2 N–H and O–H groups in total. The van der Waals surface area contributed by atoms with E-state index in [1.807, 2.05) is 43.3 Å². The summed E-state index contributed by atoms with van der Waals surface area (Å²) >= 11 is 0. The Bertz CT molecular complexity index is 1580. The van der Waals surface area contributed by atoms with Crippen LogP contribution in [0.25, 0.3) is 22.0 Å². The van der Waals surface area contributed by atoms with Crippen molar-refractivity contribution in [1.29, 1.82) is 0 Å². The van der Waals surface area contributed by atoms with E-state index in [1.165, 1.54) is 6.07 Å². The fraction of sp³-hybridized carbons (Fsp3) is 0.300. The van der Waals surface area contributed by atoms with Gasteiger partial charge in [-0.25, -0.2) is 0 Å². The zero-order valence-corrected chi connectivity index (χ0v) is 22.5. The Kier molecular flexibility index (Phi) is 6.16. The lowest BCUT2D eigenvalue weighted by molar-refractivity contribution is 0.0562. The monoisotopic (exact) mass is 521 g/mol. The number of H-pyrrole nitrogens is 1. The first-order valence-corrected chi connectivity index (χ1v) is 13.5. The van der Waals surface area contributed by atoms with Crippen LogP contribution in [0.3, 0.4) is 0 Å². The van der Waals surface area contributed by atoms with Crippen molar-refractivity contribution in [2.75, 3.05) is 13.6 Å². The second-order valence-corrected chi connectivity index (χ2v) is 11.0. The molecule has 2 aromatic heterocycles. The van der Waals surface area contributed by atoms with Crippen molar-refractivity contribution in [3.05, 3.63) is 94.0 Å². The molecule has 0 spiro atoms. The normalized spacial score (nSPS) is 19.0. The van der Waals surface area contributed by atoms with Crippen LogP contribution in [0, 0.1) is 6.92 Å². The number of fused-ring (bicyclic) bond motifs is 1. The molecule has 0 bridgehead atoms. The number of nitrogens with zero attached hydrogens (tertiary/aromatic N) is 2. The van der Waals surface area contributed by atoms with Gasteiger partial charge in [-0.2, -0.15) is 0 Å². The molecule has 3 radical (unpaired) electrons. The van der Waals surface area contributed by atoms with Crippen LogP contribution >= 0.6 is 0 Å². The summed E-state index contributed by atoms with van der Waals surface area (Å²) in [6.07, 6.45) is 6.23. The van der Waals surface area contributed by atoms with E-state index in [-0.39, 0.29) is 17.2 Å². The quantitative estimate of drug-likeness (QED) is 0.360. The highest BCUT2D eigenvalue weighted by Gasteiger charge is 2.47. The summed E-state index contributed by atoms with van der Waals surface area (Å²) in [6.45, 7) is 3.01. The van der Waals surface area contributed by atoms with E-state index in [0.717, 1.165) is 59.0 Å². The van der Waals surface area contributed by atoms with Crippen molar-refractivity contribution >= 4 is 27.1 Å². The molecule has 0 unspecified atom stereocenters. The lowest BCUT2D eigenvalue weighted by Gasteiger charge is -2.41. The van der Waals surface area contributed by atoms with E-state index in [1.54, 1.807) is 18.5 Å². The topological polar surface area (TPSA) is 87.3 Å². The van der Waals surface area contributed by atoms with Crippen molar-refractivity contribution in [2.24, 2.45) is 0 Å². The molecule has 2 fully saturated rings. The number of amides is 1. The highest BCUT2D eigenvalue weighted by molar-refractivity contribution is 6.11. The molecule has 191 valence electrons. The average Bonchev–Trinajstić information content (AvgIpc) is 3.68. The predicted octanol–water partition coefficient (Wildman–Crippen LogP) is 3.90. The molecular weight excluding hydrogens is 492 g/mol. The summed E-state index contributed by atoms with van der Waals surface area (Å²) in [6, 6.07) is 17.4. The number of aromatic amines is 1. The van der Waals surface area contributed by atoms with Gasteiger partial charge in [0.2, 0.25) is 5.56 Å².